The van der Waals surface area contributed by atoms with Crippen LogP contribution in [-0.2, 0) is 9.59 Å². The third kappa shape index (κ3) is 4.33. The van der Waals surface area contributed by atoms with Gasteiger partial charge in [-0.05, 0) is 30.7 Å². The summed E-state index contributed by atoms with van der Waals surface area (Å²) in [6.07, 6.45) is 1.29. The number of rotatable bonds is 6. The van der Waals surface area contributed by atoms with Gasteiger partial charge in [0.2, 0.25) is 5.91 Å². The average Bonchev–Trinajstić information content (AvgIpc) is 3.06. The van der Waals surface area contributed by atoms with Crippen LogP contribution in [-0.4, -0.2) is 32.1 Å². The molecule has 0 aromatic heterocycles. The predicted octanol–water partition coefficient (Wildman–Crippen LogP) is 3.12. The number of amides is 2. The van der Waals surface area contributed by atoms with Crippen molar-refractivity contribution in [2.24, 2.45) is 0 Å². The monoisotopic (exact) mass is 376 g/mol. The fourth-order valence-corrected chi connectivity index (χ4v) is 2.81. The molecule has 6 nitrogen and oxygen atoms in total. The minimum Gasteiger partial charge on any atom is -0.494 e. The topological polar surface area (TPSA) is 67.9 Å². The molecule has 1 aliphatic heterocycles. The van der Waals surface area contributed by atoms with E-state index in [1.54, 1.807) is 23.1 Å². The summed E-state index contributed by atoms with van der Waals surface area (Å²) < 4.78 is 36.8. The molecule has 0 spiro atoms. The highest BCUT2D eigenvalue weighted by Gasteiger charge is 2.24. The van der Waals surface area contributed by atoms with E-state index in [0.717, 1.165) is 18.6 Å². The highest BCUT2D eigenvalue weighted by Crippen LogP contribution is 2.33. The second-order valence-corrected chi connectivity index (χ2v) is 5.95. The molecule has 3 rings (SSSR count). The molecule has 1 fully saturated rings. The third-order valence-corrected chi connectivity index (χ3v) is 4.08. The summed E-state index contributed by atoms with van der Waals surface area (Å²) in [6.45, 7) is 0.176. The average molecular weight is 376 g/mol. The van der Waals surface area contributed by atoms with Crippen molar-refractivity contribution in [2.75, 3.05) is 30.5 Å². The van der Waals surface area contributed by atoms with Crippen molar-refractivity contribution >= 4 is 23.2 Å². The van der Waals surface area contributed by atoms with E-state index in [0.29, 0.717) is 36.2 Å². The van der Waals surface area contributed by atoms with Gasteiger partial charge in [0.1, 0.15) is 11.6 Å². The molecule has 0 atom stereocenters. The van der Waals surface area contributed by atoms with E-state index in [1.165, 1.54) is 7.11 Å². The molecule has 1 N–H and O–H groups in total. The number of carbonyl (C=O) groups is 2. The molecule has 1 saturated heterocycles. The van der Waals surface area contributed by atoms with Gasteiger partial charge in [-0.25, -0.2) is 8.78 Å². The molecule has 0 bridgehead atoms. The van der Waals surface area contributed by atoms with Crippen LogP contribution < -0.4 is 19.7 Å². The van der Waals surface area contributed by atoms with Crippen molar-refractivity contribution < 1.29 is 27.8 Å². The van der Waals surface area contributed by atoms with Gasteiger partial charge in [0.05, 0.1) is 12.8 Å². The lowest BCUT2D eigenvalue weighted by Gasteiger charge is -2.19. The van der Waals surface area contributed by atoms with Crippen LogP contribution in [0.1, 0.15) is 12.8 Å². The van der Waals surface area contributed by atoms with Gasteiger partial charge in [0.15, 0.2) is 18.2 Å². The van der Waals surface area contributed by atoms with Gasteiger partial charge in [-0.3, -0.25) is 9.59 Å². The number of ether oxygens (including phenoxy) is 2. The van der Waals surface area contributed by atoms with Crippen LogP contribution in [0.25, 0.3) is 0 Å². The van der Waals surface area contributed by atoms with Crippen molar-refractivity contribution in [3.05, 3.63) is 48.0 Å². The second kappa shape index (κ2) is 8.03. The fourth-order valence-electron chi connectivity index (χ4n) is 2.81. The van der Waals surface area contributed by atoms with E-state index in [-0.39, 0.29) is 11.7 Å². The summed E-state index contributed by atoms with van der Waals surface area (Å²) in [5.74, 6) is -1.87. The Bertz CT molecular complexity index is 873. The van der Waals surface area contributed by atoms with Crippen molar-refractivity contribution in [1.82, 2.24) is 0 Å². The van der Waals surface area contributed by atoms with E-state index < -0.39 is 24.1 Å². The first-order valence-corrected chi connectivity index (χ1v) is 8.34. The van der Waals surface area contributed by atoms with Crippen LogP contribution in [0.5, 0.6) is 11.5 Å². The molecule has 1 aliphatic rings. The summed E-state index contributed by atoms with van der Waals surface area (Å²) in [5.41, 5.74) is 1.08. The number of benzene rings is 2. The molecule has 2 aromatic rings. The zero-order valence-corrected chi connectivity index (χ0v) is 14.6. The first-order chi connectivity index (χ1) is 13.0. The molecule has 0 aliphatic carbocycles. The Morgan fingerprint density at radius 3 is 2.67 bits per heavy atom. The Morgan fingerprint density at radius 1 is 1.19 bits per heavy atom. The molecule has 0 saturated carbocycles. The number of anilines is 2. The van der Waals surface area contributed by atoms with E-state index >= 15 is 0 Å². The normalized spacial score (nSPS) is 13.6. The number of hydrogen-bond acceptors (Lipinski definition) is 4. The minimum atomic E-state index is -0.885. The SMILES string of the molecule is COc1cc(NC(=O)COc2ccc(F)cc2F)ccc1N1CCCC1=O. The van der Waals surface area contributed by atoms with Crippen LogP contribution >= 0.6 is 0 Å². The maximum atomic E-state index is 13.5. The lowest BCUT2D eigenvalue weighted by Crippen LogP contribution is -2.24. The van der Waals surface area contributed by atoms with Gasteiger partial charge in [-0.15, -0.1) is 0 Å². The quantitative estimate of drug-likeness (QED) is 0.841. The standard InChI is InChI=1S/C19H18F2N2O4/c1-26-17-10-13(5-6-15(17)23-8-2-3-19(23)25)22-18(24)11-27-16-7-4-12(20)9-14(16)21/h4-7,9-10H,2-3,8,11H2,1H3,(H,22,24). The van der Waals surface area contributed by atoms with E-state index in [2.05, 4.69) is 5.32 Å². The number of nitrogens with zero attached hydrogens (tertiary/aromatic N) is 1. The first kappa shape index (κ1) is 18.6. The number of hydrogen-bond donors (Lipinski definition) is 1. The Labute approximate surface area is 154 Å². The van der Waals surface area contributed by atoms with Gasteiger partial charge >= 0.3 is 0 Å². The van der Waals surface area contributed by atoms with Crippen LogP contribution in [0.3, 0.4) is 0 Å². The Kier molecular flexibility index (Phi) is 5.54. The van der Waals surface area contributed by atoms with E-state index in [9.17, 15) is 18.4 Å². The third-order valence-electron chi connectivity index (χ3n) is 4.08. The van der Waals surface area contributed by atoms with E-state index in [4.69, 9.17) is 9.47 Å². The molecule has 2 aromatic carbocycles. The molecule has 8 heteroatoms. The number of nitrogens with one attached hydrogen (secondary N) is 1. The molecule has 142 valence electrons. The smallest absolute Gasteiger partial charge is 0.262 e. The highest BCUT2D eigenvalue weighted by atomic mass is 19.1. The molecule has 27 heavy (non-hydrogen) atoms. The first-order valence-electron chi connectivity index (χ1n) is 8.34. The summed E-state index contributed by atoms with van der Waals surface area (Å²) >= 11 is 0. The fraction of sp³-hybridized carbons (Fsp3) is 0.263. The second-order valence-electron chi connectivity index (χ2n) is 5.95. The van der Waals surface area contributed by atoms with Crippen molar-refractivity contribution in [1.29, 1.82) is 0 Å². The van der Waals surface area contributed by atoms with Gasteiger partial charge in [0, 0.05) is 30.8 Å². The molecular weight excluding hydrogens is 358 g/mol. The zero-order chi connectivity index (χ0) is 19.4. The van der Waals surface area contributed by atoms with Crippen LogP contribution in [0.2, 0.25) is 0 Å². The van der Waals surface area contributed by atoms with Gasteiger partial charge in [-0.2, -0.15) is 0 Å². The number of carbonyl (C=O) groups excluding carboxylic acids is 2. The minimum absolute atomic E-state index is 0.0276. The lowest BCUT2D eigenvalue weighted by molar-refractivity contribution is -0.118. The predicted molar refractivity (Wildman–Crippen MR) is 95.1 cm³/mol. The Morgan fingerprint density at radius 2 is 2.00 bits per heavy atom. The lowest BCUT2D eigenvalue weighted by atomic mass is 10.2. The maximum absolute atomic E-state index is 13.5. The number of halogens is 2. The van der Waals surface area contributed by atoms with Crippen molar-refractivity contribution in [3.8, 4) is 11.5 Å². The zero-order valence-electron chi connectivity index (χ0n) is 14.6. The van der Waals surface area contributed by atoms with Gasteiger partial charge in [-0.1, -0.05) is 0 Å². The van der Waals surface area contributed by atoms with Crippen molar-refractivity contribution in [3.63, 3.8) is 0 Å². The summed E-state index contributed by atoms with van der Waals surface area (Å²) in [4.78, 5) is 25.6. The van der Waals surface area contributed by atoms with E-state index in [1.807, 2.05) is 0 Å². The Balaban J connectivity index is 1.64. The summed E-state index contributed by atoms with van der Waals surface area (Å²) in [6, 6.07) is 7.76. The number of methoxy groups -OCH3 is 1. The van der Waals surface area contributed by atoms with Crippen LogP contribution in [0.4, 0.5) is 20.2 Å². The maximum Gasteiger partial charge on any atom is 0.262 e. The largest absolute Gasteiger partial charge is 0.494 e. The summed E-state index contributed by atoms with van der Waals surface area (Å²) in [7, 11) is 1.48. The highest BCUT2D eigenvalue weighted by molar-refractivity contribution is 5.98. The molecule has 0 unspecified atom stereocenters. The van der Waals surface area contributed by atoms with Gasteiger partial charge in [0.25, 0.3) is 5.91 Å². The summed E-state index contributed by atoms with van der Waals surface area (Å²) in [5, 5.41) is 2.60. The molecule has 2 amide bonds. The Hall–Kier alpha value is -3.16. The van der Waals surface area contributed by atoms with Crippen LogP contribution in [0.15, 0.2) is 36.4 Å². The molecule has 0 radical (unpaired) electrons. The van der Waals surface area contributed by atoms with Crippen LogP contribution in [0, 0.1) is 11.6 Å². The van der Waals surface area contributed by atoms with Crippen molar-refractivity contribution in [2.45, 2.75) is 12.8 Å². The molecule has 1 heterocycles. The van der Waals surface area contributed by atoms with Gasteiger partial charge < -0.3 is 19.7 Å². The molecular formula is C19H18F2N2O4.